The summed E-state index contributed by atoms with van der Waals surface area (Å²) in [5.41, 5.74) is 1.65. The van der Waals surface area contributed by atoms with Crippen molar-refractivity contribution < 1.29 is 18.3 Å². The molecule has 6 nitrogen and oxygen atoms in total. The molecule has 0 bridgehead atoms. The molecule has 0 saturated carbocycles. The lowest BCUT2D eigenvalue weighted by Crippen LogP contribution is -2.40. The molecule has 2 aromatic carbocycles. The van der Waals surface area contributed by atoms with Gasteiger partial charge in [-0.25, -0.2) is 8.78 Å². The number of nitrogens with zero attached hydrogens (tertiary/aromatic N) is 1. The second-order valence-electron chi connectivity index (χ2n) is 5.88. The smallest absolute Gasteiger partial charge is 0.251 e. The molecular formula is C20H24F2N4O2. The summed E-state index contributed by atoms with van der Waals surface area (Å²) in [6, 6.07) is 10.6. The number of benzene rings is 2. The molecule has 0 atom stereocenters. The van der Waals surface area contributed by atoms with E-state index in [9.17, 15) is 13.6 Å². The maximum Gasteiger partial charge on any atom is 0.251 e. The van der Waals surface area contributed by atoms with Crippen LogP contribution in [0, 0.1) is 11.6 Å². The van der Waals surface area contributed by atoms with E-state index in [4.69, 9.17) is 4.74 Å². The zero-order chi connectivity index (χ0) is 20.4. The normalized spacial score (nSPS) is 11.1. The first kappa shape index (κ1) is 21.1. The summed E-state index contributed by atoms with van der Waals surface area (Å²) >= 11 is 0. The van der Waals surface area contributed by atoms with Crippen molar-refractivity contribution in [2.24, 2.45) is 4.99 Å². The van der Waals surface area contributed by atoms with Gasteiger partial charge in [0.2, 0.25) is 0 Å². The molecule has 1 amide bonds. The summed E-state index contributed by atoms with van der Waals surface area (Å²) in [6.07, 6.45) is 0.711. The van der Waals surface area contributed by atoms with Gasteiger partial charge in [-0.2, -0.15) is 0 Å². The van der Waals surface area contributed by atoms with Gasteiger partial charge in [-0.3, -0.25) is 9.79 Å². The highest BCUT2D eigenvalue weighted by Gasteiger charge is 2.06. The minimum Gasteiger partial charge on any atom is -0.489 e. The molecule has 150 valence electrons. The number of ether oxygens (including phenoxy) is 1. The summed E-state index contributed by atoms with van der Waals surface area (Å²) < 4.78 is 31.6. The lowest BCUT2D eigenvalue weighted by Gasteiger charge is -2.13. The molecule has 0 saturated heterocycles. The number of hydrogen-bond donors (Lipinski definition) is 3. The zero-order valence-electron chi connectivity index (χ0n) is 15.9. The highest BCUT2D eigenvalue weighted by Crippen LogP contribution is 2.17. The van der Waals surface area contributed by atoms with Crippen LogP contribution in [0.25, 0.3) is 0 Å². The Morgan fingerprint density at radius 1 is 1.11 bits per heavy atom. The lowest BCUT2D eigenvalue weighted by molar-refractivity contribution is 0.0963. The van der Waals surface area contributed by atoms with Gasteiger partial charge in [-0.05, 0) is 36.2 Å². The lowest BCUT2D eigenvalue weighted by atomic mass is 10.1. The van der Waals surface area contributed by atoms with Gasteiger partial charge in [0.25, 0.3) is 5.91 Å². The van der Waals surface area contributed by atoms with Crippen molar-refractivity contribution in [3.05, 3.63) is 65.2 Å². The topological polar surface area (TPSA) is 74.8 Å². The Hall–Kier alpha value is -3.16. The van der Waals surface area contributed by atoms with Gasteiger partial charge in [0.1, 0.15) is 12.4 Å². The van der Waals surface area contributed by atoms with E-state index in [-0.39, 0.29) is 18.3 Å². The number of carbonyl (C=O) groups is 1. The van der Waals surface area contributed by atoms with E-state index in [1.165, 1.54) is 6.07 Å². The molecule has 0 spiro atoms. The van der Waals surface area contributed by atoms with E-state index in [1.54, 1.807) is 20.2 Å². The van der Waals surface area contributed by atoms with Crippen LogP contribution >= 0.6 is 0 Å². The average Bonchev–Trinajstić information content (AvgIpc) is 2.70. The molecule has 2 aromatic rings. The third-order valence-electron chi connectivity index (χ3n) is 3.89. The Bertz CT molecular complexity index is 828. The summed E-state index contributed by atoms with van der Waals surface area (Å²) in [7, 11) is 3.24. The maximum absolute atomic E-state index is 13.5. The zero-order valence-corrected chi connectivity index (χ0v) is 15.9. The third kappa shape index (κ3) is 6.53. The van der Waals surface area contributed by atoms with E-state index in [0.717, 1.165) is 17.7 Å². The standard InChI is InChI=1S/C20H24F2N4O2/c1-23-19(27)15-5-3-4-14(12-15)8-9-25-20(24-2)26-10-11-28-18-7-6-16(21)13-17(18)22/h3-7,12-13H,8-11H2,1-2H3,(H,23,27)(H2,24,25,26). The van der Waals surface area contributed by atoms with Crippen molar-refractivity contribution in [1.29, 1.82) is 0 Å². The largest absolute Gasteiger partial charge is 0.489 e. The molecule has 0 radical (unpaired) electrons. The molecule has 2 rings (SSSR count). The maximum atomic E-state index is 13.5. The molecule has 8 heteroatoms. The Labute approximate surface area is 163 Å². The average molecular weight is 390 g/mol. The van der Waals surface area contributed by atoms with Gasteiger partial charge in [0.05, 0.1) is 6.54 Å². The van der Waals surface area contributed by atoms with Crippen molar-refractivity contribution >= 4 is 11.9 Å². The van der Waals surface area contributed by atoms with Crippen molar-refractivity contribution in [2.45, 2.75) is 6.42 Å². The monoisotopic (exact) mass is 390 g/mol. The number of halogens is 2. The molecule has 0 aliphatic carbocycles. The molecule has 0 heterocycles. The highest BCUT2D eigenvalue weighted by atomic mass is 19.1. The fourth-order valence-electron chi connectivity index (χ4n) is 2.48. The van der Waals surface area contributed by atoms with Crippen LogP contribution < -0.4 is 20.7 Å². The Balaban J connectivity index is 1.72. The van der Waals surface area contributed by atoms with Gasteiger partial charge in [-0.1, -0.05) is 12.1 Å². The molecule has 0 aliphatic rings. The van der Waals surface area contributed by atoms with Gasteiger partial charge in [-0.15, -0.1) is 0 Å². The van der Waals surface area contributed by atoms with Crippen LogP contribution in [-0.4, -0.2) is 45.7 Å². The van der Waals surface area contributed by atoms with Crippen molar-refractivity contribution in [3.8, 4) is 5.75 Å². The molecule has 0 fully saturated rings. The SMILES string of the molecule is CN=C(NCCOc1ccc(F)cc1F)NCCc1cccc(C(=O)NC)c1. The number of nitrogens with one attached hydrogen (secondary N) is 3. The Morgan fingerprint density at radius 2 is 1.89 bits per heavy atom. The molecule has 0 aromatic heterocycles. The van der Waals surface area contributed by atoms with E-state index < -0.39 is 11.6 Å². The third-order valence-corrected chi connectivity index (χ3v) is 3.89. The summed E-state index contributed by atoms with van der Waals surface area (Å²) in [6.45, 7) is 1.20. The first-order valence-corrected chi connectivity index (χ1v) is 8.87. The van der Waals surface area contributed by atoms with E-state index in [0.29, 0.717) is 31.0 Å². The minimum atomic E-state index is -0.735. The molecule has 28 heavy (non-hydrogen) atoms. The van der Waals surface area contributed by atoms with Crippen LogP contribution in [0.2, 0.25) is 0 Å². The predicted molar refractivity (Wildman–Crippen MR) is 105 cm³/mol. The van der Waals surface area contributed by atoms with E-state index in [2.05, 4.69) is 20.9 Å². The van der Waals surface area contributed by atoms with Crippen LogP contribution in [0.15, 0.2) is 47.5 Å². The summed E-state index contributed by atoms with van der Waals surface area (Å²) in [4.78, 5) is 15.8. The summed E-state index contributed by atoms with van der Waals surface area (Å²) in [5.74, 6) is -0.924. The van der Waals surface area contributed by atoms with Crippen LogP contribution in [0.5, 0.6) is 5.75 Å². The Morgan fingerprint density at radius 3 is 2.61 bits per heavy atom. The first-order valence-electron chi connectivity index (χ1n) is 8.87. The van der Waals surface area contributed by atoms with Gasteiger partial charge >= 0.3 is 0 Å². The summed E-state index contributed by atoms with van der Waals surface area (Å²) in [5, 5.41) is 8.81. The van der Waals surface area contributed by atoms with E-state index in [1.807, 2.05) is 18.2 Å². The minimum absolute atomic E-state index is 0.00199. The molecule has 3 N–H and O–H groups in total. The predicted octanol–water partition coefficient (Wildman–Crippen LogP) is 2.11. The second-order valence-corrected chi connectivity index (χ2v) is 5.88. The van der Waals surface area contributed by atoms with Gasteiger partial charge in [0.15, 0.2) is 17.5 Å². The fourth-order valence-corrected chi connectivity index (χ4v) is 2.48. The van der Waals surface area contributed by atoms with Crippen LogP contribution in [0.3, 0.4) is 0 Å². The van der Waals surface area contributed by atoms with Crippen LogP contribution in [0.4, 0.5) is 8.78 Å². The fraction of sp³-hybridized carbons (Fsp3) is 0.300. The first-order chi connectivity index (χ1) is 13.5. The number of carbonyl (C=O) groups excluding carboxylic acids is 1. The van der Waals surface area contributed by atoms with Crippen molar-refractivity contribution in [1.82, 2.24) is 16.0 Å². The number of guanidine groups is 1. The van der Waals surface area contributed by atoms with E-state index >= 15 is 0 Å². The van der Waals surface area contributed by atoms with Gasteiger partial charge in [0, 0.05) is 32.3 Å². The number of aliphatic imine (C=N–C) groups is 1. The highest BCUT2D eigenvalue weighted by molar-refractivity contribution is 5.94. The molecule has 0 aliphatic heterocycles. The van der Waals surface area contributed by atoms with Crippen molar-refractivity contribution in [2.75, 3.05) is 33.8 Å². The Kier molecular flexibility index (Phi) is 8.20. The van der Waals surface area contributed by atoms with Crippen LogP contribution in [-0.2, 0) is 6.42 Å². The number of amides is 1. The van der Waals surface area contributed by atoms with Gasteiger partial charge < -0.3 is 20.7 Å². The second kappa shape index (κ2) is 10.9. The number of rotatable bonds is 8. The molecule has 0 unspecified atom stereocenters. The molecular weight excluding hydrogens is 366 g/mol. The van der Waals surface area contributed by atoms with Crippen LogP contribution in [0.1, 0.15) is 15.9 Å². The number of hydrogen-bond acceptors (Lipinski definition) is 3. The van der Waals surface area contributed by atoms with Crippen molar-refractivity contribution in [3.63, 3.8) is 0 Å². The quantitative estimate of drug-likeness (QED) is 0.367.